The molecule has 1 aliphatic rings. The molecule has 0 aromatic carbocycles. The Labute approximate surface area is 117 Å². The highest BCUT2D eigenvalue weighted by Crippen LogP contribution is 2.27. The number of nitrogens with two attached hydrogens (primary N) is 1. The summed E-state index contributed by atoms with van der Waals surface area (Å²) in [7, 11) is 0. The van der Waals surface area contributed by atoms with Crippen molar-refractivity contribution in [2.24, 2.45) is 11.8 Å². The number of fused-ring (bicyclic) bond motifs is 1. The highest BCUT2D eigenvalue weighted by Gasteiger charge is 2.25. The van der Waals surface area contributed by atoms with Crippen LogP contribution in [0.3, 0.4) is 0 Å². The fourth-order valence-electron chi connectivity index (χ4n) is 2.79. The van der Waals surface area contributed by atoms with E-state index in [0.717, 1.165) is 37.4 Å². The van der Waals surface area contributed by atoms with Crippen LogP contribution in [-0.2, 0) is 0 Å². The number of anilines is 2. The van der Waals surface area contributed by atoms with Crippen LogP contribution in [0.5, 0.6) is 0 Å². The maximum absolute atomic E-state index is 9.68. The molecular weight excluding hydrogens is 256 g/mol. The quantitative estimate of drug-likeness (QED) is 0.562. The van der Waals surface area contributed by atoms with Crippen LogP contribution >= 0.6 is 0 Å². The number of nitrogen functional groups attached to an aromatic ring is 1. The average Bonchev–Trinajstić information content (AvgIpc) is 2.94. The van der Waals surface area contributed by atoms with Crippen LogP contribution < -0.4 is 16.2 Å². The maximum Gasteiger partial charge on any atom is 0.180 e. The third-order valence-electron chi connectivity index (χ3n) is 4.03. The van der Waals surface area contributed by atoms with Gasteiger partial charge in [0.1, 0.15) is 0 Å². The molecule has 0 spiro atoms. The van der Waals surface area contributed by atoms with Crippen molar-refractivity contribution in [3.8, 4) is 0 Å². The van der Waals surface area contributed by atoms with Gasteiger partial charge in [-0.05, 0) is 25.7 Å². The third kappa shape index (κ3) is 2.30. The fraction of sp³-hybridized carbons (Fsp3) is 0.538. The molecule has 4 N–H and O–H groups in total. The molecule has 1 aliphatic heterocycles. The number of hydrogen-bond donors (Lipinski definition) is 3. The highest BCUT2D eigenvalue weighted by atomic mass is 16.3. The number of rotatable bonds is 3. The lowest BCUT2D eigenvalue weighted by molar-refractivity contribution is 0.110. The summed E-state index contributed by atoms with van der Waals surface area (Å²) in [5, 5.41) is 9.68. The number of hydrogen-bond acceptors (Lipinski definition) is 6. The van der Waals surface area contributed by atoms with Gasteiger partial charge in [-0.15, -0.1) is 0 Å². The first-order valence-electron chi connectivity index (χ1n) is 6.92. The Hall–Kier alpha value is -1.86. The molecule has 2 aromatic heterocycles. The zero-order chi connectivity index (χ0) is 14.1. The SMILES string of the molecule is CC(O)C1CCN(c2nc(NN)cn3ccnc23)CC1. The van der Waals surface area contributed by atoms with Gasteiger partial charge in [0.15, 0.2) is 17.3 Å². The van der Waals surface area contributed by atoms with E-state index in [1.165, 1.54) is 0 Å². The molecule has 108 valence electrons. The van der Waals surface area contributed by atoms with Gasteiger partial charge in [-0.25, -0.2) is 15.8 Å². The summed E-state index contributed by atoms with van der Waals surface area (Å²) >= 11 is 0. The molecular formula is C13H20N6O. The fourth-order valence-corrected chi connectivity index (χ4v) is 2.79. The van der Waals surface area contributed by atoms with Crippen molar-refractivity contribution in [1.29, 1.82) is 0 Å². The Bertz CT molecular complexity index is 588. The molecule has 3 heterocycles. The summed E-state index contributed by atoms with van der Waals surface area (Å²) in [5.74, 6) is 7.30. The lowest BCUT2D eigenvalue weighted by Gasteiger charge is -2.34. The monoisotopic (exact) mass is 276 g/mol. The number of aromatic nitrogens is 3. The van der Waals surface area contributed by atoms with Crippen molar-refractivity contribution >= 4 is 17.3 Å². The lowest BCUT2D eigenvalue weighted by atomic mass is 9.92. The second kappa shape index (κ2) is 5.26. The first kappa shape index (κ1) is 13.1. The topological polar surface area (TPSA) is 91.7 Å². The lowest BCUT2D eigenvalue weighted by Crippen LogP contribution is -2.37. The van der Waals surface area contributed by atoms with Crippen LogP contribution in [-0.4, -0.2) is 38.7 Å². The van der Waals surface area contributed by atoms with Gasteiger partial charge in [-0.1, -0.05) is 0 Å². The van der Waals surface area contributed by atoms with Gasteiger partial charge in [0.05, 0.1) is 12.3 Å². The molecule has 0 aliphatic carbocycles. The van der Waals surface area contributed by atoms with Crippen LogP contribution in [0.25, 0.3) is 5.65 Å². The molecule has 0 radical (unpaired) electrons. The molecule has 1 atom stereocenters. The number of aliphatic hydroxyl groups excluding tert-OH is 1. The standard InChI is InChI=1S/C13H20N6O/c1-9(20)10-2-5-18(6-3-10)13-12-15-4-7-19(12)8-11(16-13)17-14/h4,7-10,17,20H,2-3,5-6,14H2,1H3. The van der Waals surface area contributed by atoms with Crippen molar-refractivity contribution in [3.05, 3.63) is 18.6 Å². The van der Waals surface area contributed by atoms with Gasteiger partial charge in [-0.2, -0.15) is 0 Å². The van der Waals surface area contributed by atoms with E-state index < -0.39 is 0 Å². The van der Waals surface area contributed by atoms with Gasteiger partial charge in [0.25, 0.3) is 0 Å². The Kier molecular flexibility index (Phi) is 3.45. The van der Waals surface area contributed by atoms with E-state index in [1.807, 2.05) is 23.7 Å². The Morgan fingerprint density at radius 2 is 2.20 bits per heavy atom. The summed E-state index contributed by atoms with van der Waals surface area (Å²) in [6.45, 7) is 3.61. The van der Waals surface area contributed by atoms with E-state index in [2.05, 4.69) is 20.3 Å². The van der Waals surface area contributed by atoms with E-state index in [9.17, 15) is 5.11 Å². The van der Waals surface area contributed by atoms with Gasteiger partial charge < -0.3 is 19.8 Å². The van der Waals surface area contributed by atoms with Gasteiger partial charge in [0, 0.05) is 25.5 Å². The van der Waals surface area contributed by atoms with Crippen molar-refractivity contribution in [2.75, 3.05) is 23.4 Å². The van der Waals surface area contributed by atoms with Crippen molar-refractivity contribution in [2.45, 2.75) is 25.9 Å². The van der Waals surface area contributed by atoms with Gasteiger partial charge in [0.2, 0.25) is 0 Å². The molecule has 0 bridgehead atoms. The second-order valence-electron chi connectivity index (χ2n) is 5.32. The predicted octanol–water partition coefficient (Wildman–Crippen LogP) is 0.612. The maximum atomic E-state index is 9.68. The van der Waals surface area contributed by atoms with Crippen LogP contribution in [0.4, 0.5) is 11.6 Å². The highest BCUT2D eigenvalue weighted by molar-refractivity contribution is 5.66. The molecule has 1 unspecified atom stereocenters. The first-order valence-corrected chi connectivity index (χ1v) is 6.92. The number of imidazole rings is 1. The van der Waals surface area contributed by atoms with Crippen molar-refractivity contribution in [1.82, 2.24) is 14.4 Å². The summed E-state index contributed by atoms with van der Waals surface area (Å²) < 4.78 is 1.91. The van der Waals surface area contributed by atoms with Crippen molar-refractivity contribution < 1.29 is 5.11 Å². The molecule has 7 heteroatoms. The zero-order valence-electron chi connectivity index (χ0n) is 11.5. The molecule has 1 fully saturated rings. The number of nitrogens with one attached hydrogen (secondary N) is 1. The van der Waals surface area contributed by atoms with E-state index in [1.54, 1.807) is 6.20 Å². The first-order chi connectivity index (χ1) is 9.69. The van der Waals surface area contributed by atoms with Crippen LogP contribution in [0.2, 0.25) is 0 Å². The van der Waals surface area contributed by atoms with Crippen molar-refractivity contribution in [3.63, 3.8) is 0 Å². The Balaban J connectivity index is 1.88. The molecule has 0 amide bonds. The largest absolute Gasteiger partial charge is 0.393 e. The molecule has 20 heavy (non-hydrogen) atoms. The van der Waals surface area contributed by atoms with Crippen LogP contribution in [0, 0.1) is 5.92 Å². The second-order valence-corrected chi connectivity index (χ2v) is 5.32. The van der Waals surface area contributed by atoms with Gasteiger partial charge in [-0.3, -0.25) is 0 Å². The minimum Gasteiger partial charge on any atom is -0.393 e. The summed E-state index contributed by atoms with van der Waals surface area (Å²) in [6.07, 6.45) is 7.13. The zero-order valence-corrected chi connectivity index (χ0v) is 11.5. The summed E-state index contributed by atoms with van der Waals surface area (Å²) in [5.41, 5.74) is 3.42. The molecule has 1 saturated heterocycles. The molecule has 0 saturated carbocycles. The normalized spacial score (nSPS) is 18.4. The molecule has 7 nitrogen and oxygen atoms in total. The minimum atomic E-state index is -0.242. The van der Waals surface area contributed by atoms with E-state index in [4.69, 9.17) is 5.84 Å². The third-order valence-corrected chi connectivity index (χ3v) is 4.03. The van der Waals surface area contributed by atoms with E-state index in [0.29, 0.717) is 11.7 Å². The van der Waals surface area contributed by atoms with Crippen LogP contribution in [0.15, 0.2) is 18.6 Å². The Morgan fingerprint density at radius 3 is 2.85 bits per heavy atom. The van der Waals surface area contributed by atoms with E-state index in [-0.39, 0.29) is 6.10 Å². The summed E-state index contributed by atoms with van der Waals surface area (Å²) in [6, 6.07) is 0. The molecule has 2 aromatic rings. The Morgan fingerprint density at radius 1 is 1.45 bits per heavy atom. The predicted molar refractivity (Wildman–Crippen MR) is 77.4 cm³/mol. The number of nitrogens with zero attached hydrogens (tertiary/aromatic N) is 4. The minimum absolute atomic E-state index is 0.242. The van der Waals surface area contributed by atoms with E-state index >= 15 is 0 Å². The number of piperidine rings is 1. The van der Waals surface area contributed by atoms with Crippen LogP contribution in [0.1, 0.15) is 19.8 Å². The number of hydrazine groups is 1. The van der Waals surface area contributed by atoms with Gasteiger partial charge >= 0.3 is 0 Å². The molecule has 3 rings (SSSR count). The summed E-state index contributed by atoms with van der Waals surface area (Å²) in [4.78, 5) is 11.1. The smallest absolute Gasteiger partial charge is 0.180 e. The average molecular weight is 276 g/mol. The number of aliphatic hydroxyl groups is 1.